The number of aliphatic hydroxyl groups is 1. The Morgan fingerprint density at radius 2 is 2.05 bits per heavy atom. The minimum atomic E-state index is -0.770. The zero-order valence-electron chi connectivity index (χ0n) is 12.8. The number of benzene rings is 1. The maximum absolute atomic E-state index is 10.0. The third kappa shape index (κ3) is 5.62. The molecule has 1 unspecified atom stereocenters. The molecule has 19 heavy (non-hydrogen) atoms. The molecule has 0 saturated carbocycles. The molecule has 0 aliphatic carbocycles. The Morgan fingerprint density at radius 3 is 2.63 bits per heavy atom. The van der Waals surface area contributed by atoms with Gasteiger partial charge in [0.05, 0.1) is 5.60 Å². The lowest BCUT2D eigenvalue weighted by Gasteiger charge is -2.23. The molecule has 108 valence electrons. The van der Waals surface area contributed by atoms with Crippen LogP contribution in [0.15, 0.2) is 18.2 Å². The number of nitrogens with one attached hydrogen (secondary N) is 1. The zero-order chi connectivity index (χ0) is 14.5. The van der Waals surface area contributed by atoms with Crippen LogP contribution in [0, 0.1) is 6.92 Å². The van der Waals surface area contributed by atoms with Crippen molar-refractivity contribution >= 4 is 0 Å². The topological polar surface area (TPSA) is 41.5 Å². The normalized spacial score (nSPS) is 14.5. The molecule has 0 heterocycles. The molecule has 3 nitrogen and oxygen atoms in total. The first-order valence-corrected chi connectivity index (χ1v) is 7.02. The molecule has 0 saturated heterocycles. The highest BCUT2D eigenvalue weighted by molar-refractivity contribution is 5.37. The first kappa shape index (κ1) is 16.0. The van der Waals surface area contributed by atoms with Crippen molar-refractivity contribution in [2.45, 2.75) is 59.2 Å². The van der Waals surface area contributed by atoms with Gasteiger partial charge < -0.3 is 15.2 Å². The largest absolute Gasteiger partial charge is 0.490 e. The van der Waals surface area contributed by atoms with Crippen molar-refractivity contribution in [3.63, 3.8) is 0 Å². The highest BCUT2D eigenvalue weighted by Gasteiger charge is 2.19. The molecule has 0 spiro atoms. The maximum atomic E-state index is 10.0. The van der Waals surface area contributed by atoms with E-state index in [1.807, 2.05) is 19.1 Å². The Kier molecular flexibility index (Phi) is 5.83. The van der Waals surface area contributed by atoms with E-state index in [0.717, 1.165) is 17.9 Å². The quantitative estimate of drug-likeness (QED) is 0.796. The third-order valence-electron chi connectivity index (χ3n) is 3.22. The first-order valence-electron chi connectivity index (χ1n) is 7.02. The highest BCUT2D eigenvalue weighted by Crippen LogP contribution is 2.22. The summed E-state index contributed by atoms with van der Waals surface area (Å²) in [6, 6.07) is 6.59. The Morgan fingerprint density at radius 1 is 1.37 bits per heavy atom. The Balaban J connectivity index is 2.76. The second-order valence-electron chi connectivity index (χ2n) is 5.79. The van der Waals surface area contributed by atoms with Crippen LogP contribution in [0.1, 0.15) is 45.2 Å². The molecule has 2 N–H and O–H groups in total. The van der Waals surface area contributed by atoms with Crippen molar-refractivity contribution in [3.8, 4) is 5.75 Å². The van der Waals surface area contributed by atoms with E-state index in [1.54, 1.807) is 6.92 Å². The van der Waals surface area contributed by atoms with Gasteiger partial charge in [0.2, 0.25) is 0 Å². The molecule has 0 aromatic heterocycles. The van der Waals surface area contributed by atoms with E-state index in [9.17, 15) is 5.11 Å². The van der Waals surface area contributed by atoms with Crippen LogP contribution in [0.4, 0.5) is 0 Å². The first-order chi connectivity index (χ1) is 8.84. The van der Waals surface area contributed by atoms with Crippen LogP contribution < -0.4 is 10.1 Å². The van der Waals surface area contributed by atoms with Crippen molar-refractivity contribution in [2.75, 3.05) is 6.61 Å². The molecule has 1 aromatic carbocycles. The highest BCUT2D eigenvalue weighted by atomic mass is 16.5. The van der Waals surface area contributed by atoms with E-state index in [-0.39, 0.29) is 0 Å². The van der Waals surface area contributed by atoms with Crippen LogP contribution in [-0.4, -0.2) is 23.4 Å². The Hall–Kier alpha value is -1.06. The fourth-order valence-corrected chi connectivity index (χ4v) is 1.64. The number of rotatable bonds is 7. The lowest BCUT2D eigenvalue weighted by molar-refractivity contribution is 0.00815. The molecule has 1 atom stereocenters. The van der Waals surface area contributed by atoms with Gasteiger partial charge in [0.1, 0.15) is 12.4 Å². The summed E-state index contributed by atoms with van der Waals surface area (Å²) in [5.74, 6) is 0.854. The third-order valence-corrected chi connectivity index (χ3v) is 3.22. The molecule has 0 bridgehead atoms. The zero-order valence-corrected chi connectivity index (χ0v) is 12.8. The van der Waals surface area contributed by atoms with E-state index >= 15 is 0 Å². The maximum Gasteiger partial charge on any atom is 0.123 e. The van der Waals surface area contributed by atoms with Gasteiger partial charge in [-0.1, -0.05) is 38.5 Å². The lowest BCUT2D eigenvalue weighted by Crippen LogP contribution is -2.31. The van der Waals surface area contributed by atoms with Gasteiger partial charge in [-0.15, -0.1) is 0 Å². The van der Waals surface area contributed by atoms with Crippen LogP contribution >= 0.6 is 0 Å². The van der Waals surface area contributed by atoms with Gasteiger partial charge in [-0.25, -0.2) is 0 Å². The predicted octanol–water partition coefficient (Wildman–Crippen LogP) is 3.03. The lowest BCUT2D eigenvalue weighted by atomic mass is 10.1. The summed E-state index contributed by atoms with van der Waals surface area (Å²) in [6.07, 6.45) is 0.679. The molecule has 0 aliphatic heterocycles. The molecule has 0 aliphatic rings. The van der Waals surface area contributed by atoms with Crippen LogP contribution in [-0.2, 0) is 6.54 Å². The smallest absolute Gasteiger partial charge is 0.123 e. The van der Waals surface area contributed by atoms with Crippen LogP contribution in [0.3, 0.4) is 0 Å². The van der Waals surface area contributed by atoms with Gasteiger partial charge >= 0.3 is 0 Å². The van der Waals surface area contributed by atoms with E-state index < -0.39 is 5.60 Å². The second-order valence-corrected chi connectivity index (χ2v) is 5.79. The van der Waals surface area contributed by atoms with Gasteiger partial charge in [0, 0.05) is 18.2 Å². The summed E-state index contributed by atoms with van der Waals surface area (Å²) in [5.41, 5.74) is 1.59. The molecule has 0 radical (unpaired) electrons. The second kappa shape index (κ2) is 6.92. The Bertz CT molecular complexity index is 400. The molecule has 3 heteroatoms. The van der Waals surface area contributed by atoms with Gasteiger partial charge in [0.15, 0.2) is 0 Å². The minimum absolute atomic E-state index is 0.321. The van der Waals surface area contributed by atoms with Crippen LogP contribution in [0.5, 0.6) is 5.75 Å². The fourth-order valence-electron chi connectivity index (χ4n) is 1.64. The molecule has 1 rings (SSSR count). The summed E-state index contributed by atoms with van der Waals surface area (Å²) in [7, 11) is 0. The van der Waals surface area contributed by atoms with Crippen molar-refractivity contribution in [1.29, 1.82) is 0 Å². The van der Waals surface area contributed by atoms with Gasteiger partial charge in [-0.3, -0.25) is 0 Å². The molecule has 0 fully saturated rings. The predicted molar refractivity (Wildman–Crippen MR) is 79.6 cm³/mol. The fraction of sp³-hybridized carbons (Fsp3) is 0.625. The van der Waals surface area contributed by atoms with E-state index in [2.05, 4.69) is 32.2 Å². The van der Waals surface area contributed by atoms with E-state index in [4.69, 9.17) is 4.74 Å². The molecular formula is C16H27NO2. The van der Waals surface area contributed by atoms with Gasteiger partial charge in [-0.2, -0.15) is 0 Å². The van der Waals surface area contributed by atoms with E-state index in [0.29, 0.717) is 19.1 Å². The standard InChI is InChI=1S/C16H27NO2/c1-6-16(5,18)11-19-15-8-7-13(4)9-14(15)10-17-12(2)3/h7-9,12,17-18H,6,10-11H2,1-5H3. The molecule has 0 amide bonds. The number of aryl methyl sites for hydroxylation is 1. The van der Waals surface area contributed by atoms with Crippen LogP contribution in [0.2, 0.25) is 0 Å². The summed E-state index contributed by atoms with van der Waals surface area (Å²) in [5, 5.41) is 13.4. The Labute approximate surface area is 117 Å². The minimum Gasteiger partial charge on any atom is -0.490 e. The number of hydrogen-bond acceptors (Lipinski definition) is 3. The van der Waals surface area contributed by atoms with Crippen LogP contribution in [0.25, 0.3) is 0 Å². The van der Waals surface area contributed by atoms with Crippen molar-refractivity contribution in [3.05, 3.63) is 29.3 Å². The average molecular weight is 265 g/mol. The summed E-state index contributed by atoms with van der Waals surface area (Å²) >= 11 is 0. The SMILES string of the molecule is CCC(C)(O)COc1ccc(C)cc1CNC(C)C. The van der Waals surface area contributed by atoms with Gasteiger partial charge in [-0.05, 0) is 26.3 Å². The summed E-state index contributed by atoms with van der Waals surface area (Å²) in [4.78, 5) is 0. The average Bonchev–Trinajstić information content (AvgIpc) is 2.35. The van der Waals surface area contributed by atoms with E-state index in [1.165, 1.54) is 5.56 Å². The van der Waals surface area contributed by atoms with Gasteiger partial charge in [0.25, 0.3) is 0 Å². The molecule has 1 aromatic rings. The van der Waals surface area contributed by atoms with Crippen molar-refractivity contribution in [2.24, 2.45) is 0 Å². The number of ether oxygens (including phenoxy) is 1. The number of hydrogen-bond donors (Lipinski definition) is 2. The summed E-state index contributed by atoms with van der Waals surface area (Å²) in [6.45, 7) is 11.2. The summed E-state index contributed by atoms with van der Waals surface area (Å²) < 4.78 is 5.79. The van der Waals surface area contributed by atoms with Crippen molar-refractivity contribution in [1.82, 2.24) is 5.32 Å². The monoisotopic (exact) mass is 265 g/mol. The van der Waals surface area contributed by atoms with Crippen molar-refractivity contribution < 1.29 is 9.84 Å². The molecular weight excluding hydrogens is 238 g/mol.